The van der Waals surface area contributed by atoms with Gasteiger partial charge in [-0.05, 0) is 29.7 Å². The monoisotopic (exact) mass is 301 g/mol. The fourth-order valence-corrected chi connectivity index (χ4v) is 2.51. The molecule has 0 fully saturated rings. The Labute approximate surface area is 138 Å². The van der Waals surface area contributed by atoms with Crippen LogP contribution < -0.4 is 0 Å². The highest BCUT2D eigenvalue weighted by molar-refractivity contribution is 5.26. The third-order valence-electron chi connectivity index (χ3n) is 5.02. The van der Waals surface area contributed by atoms with Crippen molar-refractivity contribution in [3.8, 4) is 0 Å². The SMILES string of the molecule is CCC(C)C(/C=C\C(C)C(C)(C)C)N(C)C1=CCC=CC=C1. The fourth-order valence-electron chi connectivity index (χ4n) is 2.51. The van der Waals surface area contributed by atoms with Gasteiger partial charge in [-0.2, -0.15) is 0 Å². The molecular weight excluding hydrogens is 266 g/mol. The van der Waals surface area contributed by atoms with Crippen LogP contribution >= 0.6 is 0 Å². The van der Waals surface area contributed by atoms with E-state index < -0.39 is 0 Å². The second-order valence-electron chi connectivity index (χ2n) is 7.68. The van der Waals surface area contributed by atoms with Crippen LogP contribution in [0.5, 0.6) is 0 Å². The van der Waals surface area contributed by atoms with Crippen LogP contribution in [0, 0.1) is 17.3 Å². The predicted molar refractivity (Wildman–Crippen MR) is 99.7 cm³/mol. The second-order valence-corrected chi connectivity index (χ2v) is 7.68. The van der Waals surface area contributed by atoms with Gasteiger partial charge in [-0.25, -0.2) is 0 Å². The molecule has 0 radical (unpaired) electrons. The highest BCUT2D eigenvalue weighted by Gasteiger charge is 2.21. The molecule has 1 heteroatoms. The lowest BCUT2D eigenvalue weighted by atomic mass is 9.81. The maximum absolute atomic E-state index is 2.43. The van der Waals surface area contributed by atoms with Gasteiger partial charge in [0, 0.05) is 18.8 Å². The zero-order valence-electron chi connectivity index (χ0n) is 15.6. The van der Waals surface area contributed by atoms with Gasteiger partial charge < -0.3 is 4.90 Å². The predicted octanol–water partition coefficient (Wildman–Crippen LogP) is 5.97. The Kier molecular flexibility index (Phi) is 7.19. The number of rotatable bonds is 6. The molecule has 124 valence electrons. The smallest absolute Gasteiger partial charge is 0.0495 e. The van der Waals surface area contributed by atoms with Gasteiger partial charge in [0.15, 0.2) is 0 Å². The summed E-state index contributed by atoms with van der Waals surface area (Å²) in [5.74, 6) is 1.21. The molecular formula is C21H35N. The van der Waals surface area contributed by atoms with Crippen molar-refractivity contribution in [1.82, 2.24) is 4.90 Å². The van der Waals surface area contributed by atoms with Crippen molar-refractivity contribution in [2.24, 2.45) is 17.3 Å². The molecule has 0 spiro atoms. The van der Waals surface area contributed by atoms with Crippen LogP contribution in [-0.4, -0.2) is 18.0 Å². The van der Waals surface area contributed by atoms with Gasteiger partial charge in [-0.15, -0.1) is 0 Å². The summed E-state index contributed by atoms with van der Waals surface area (Å²) in [6, 6.07) is 0.448. The van der Waals surface area contributed by atoms with Crippen molar-refractivity contribution in [3.05, 3.63) is 48.2 Å². The fraction of sp³-hybridized carbons (Fsp3) is 0.619. The number of allylic oxidation sites excluding steroid dienone is 6. The Morgan fingerprint density at radius 3 is 2.45 bits per heavy atom. The first-order valence-corrected chi connectivity index (χ1v) is 8.71. The van der Waals surface area contributed by atoms with Crippen LogP contribution in [0.1, 0.15) is 54.4 Å². The Bertz CT molecular complexity index is 445. The van der Waals surface area contributed by atoms with E-state index in [0.29, 0.717) is 23.3 Å². The summed E-state index contributed by atoms with van der Waals surface area (Å²) in [5, 5.41) is 0. The molecule has 1 aliphatic rings. The maximum atomic E-state index is 2.43. The summed E-state index contributed by atoms with van der Waals surface area (Å²) in [6.07, 6.45) is 18.1. The van der Waals surface area contributed by atoms with Crippen LogP contribution in [0.3, 0.4) is 0 Å². The minimum Gasteiger partial charge on any atom is -0.368 e. The van der Waals surface area contributed by atoms with Crippen molar-refractivity contribution in [3.63, 3.8) is 0 Å². The van der Waals surface area contributed by atoms with Gasteiger partial charge in [-0.1, -0.05) is 84.4 Å². The van der Waals surface area contributed by atoms with Crippen LogP contribution in [-0.2, 0) is 0 Å². The van der Waals surface area contributed by atoms with Crippen molar-refractivity contribution >= 4 is 0 Å². The Balaban J connectivity index is 2.93. The molecule has 0 bridgehead atoms. The molecule has 0 amide bonds. The van der Waals surface area contributed by atoms with E-state index >= 15 is 0 Å². The third kappa shape index (κ3) is 5.51. The van der Waals surface area contributed by atoms with E-state index in [4.69, 9.17) is 0 Å². The zero-order chi connectivity index (χ0) is 16.8. The summed E-state index contributed by atoms with van der Waals surface area (Å²) >= 11 is 0. The van der Waals surface area contributed by atoms with Gasteiger partial charge >= 0.3 is 0 Å². The topological polar surface area (TPSA) is 3.24 Å². The van der Waals surface area contributed by atoms with Gasteiger partial charge in [0.25, 0.3) is 0 Å². The molecule has 22 heavy (non-hydrogen) atoms. The molecule has 0 N–H and O–H groups in total. The molecule has 0 aromatic rings. The first-order valence-electron chi connectivity index (χ1n) is 8.71. The summed E-state index contributed by atoms with van der Waals surface area (Å²) in [6.45, 7) is 13.9. The number of hydrogen-bond donors (Lipinski definition) is 0. The molecule has 0 saturated heterocycles. The lowest BCUT2D eigenvalue weighted by Gasteiger charge is -2.34. The summed E-state index contributed by atoms with van der Waals surface area (Å²) in [5.41, 5.74) is 1.64. The van der Waals surface area contributed by atoms with Gasteiger partial charge in [0.2, 0.25) is 0 Å². The lowest BCUT2D eigenvalue weighted by Crippen LogP contribution is -2.34. The molecule has 1 rings (SSSR count). The van der Waals surface area contributed by atoms with Gasteiger partial charge in [0.05, 0.1) is 0 Å². The van der Waals surface area contributed by atoms with Crippen LogP contribution in [0.25, 0.3) is 0 Å². The molecule has 1 nitrogen and oxygen atoms in total. The first kappa shape index (κ1) is 18.8. The van der Waals surface area contributed by atoms with Crippen molar-refractivity contribution in [2.75, 3.05) is 7.05 Å². The minimum absolute atomic E-state index is 0.320. The number of likely N-dealkylation sites (N-methyl/N-ethyl adjacent to an activating group) is 1. The van der Waals surface area contributed by atoms with E-state index in [1.54, 1.807) is 0 Å². The molecule has 0 aliphatic heterocycles. The number of nitrogens with zero attached hydrogens (tertiary/aromatic N) is 1. The van der Waals surface area contributed by atoms with E-state index in [2.05, 4.69) is 96.0 Å². The van der Waals surface area contributed by atoms with Gasteiger partial charge in [-0.3, -0.25) is 0 Å². The molecule has 3 atom stereocenters. The first-order chi connectivity index (χ1) is 10.3. The maximum Gasteiger partial charge on any atom is 0.0495 e. The van der Waals surface area contributed by atoms with E-state index in [1.165, 1.54) is 12.1 Å². The average molecular weight is 302 g/mol. The quantitative estimate of drug-likeness (QED) is 0.546. The standard InChI is InChI=1S/C21H35N/c1-8-17(2)20(16-15-18(3)21(4,5)6)22(7)19-13-11-9-10-12-14-19/h9-11,13-18,20H,8,12H2,1-7H3/b16-15-. The number of hydrogen-bond acceptors (Lipinski definition) is 1. The molecule has 0 aromatic carbocycles. The highest BCUT2D eigenvalue weighted by atomic mass is 15.1. The van der Waals surface area contributed by atoms with E-state index in [-0.39, 0.29) is 0 Å². The molecule has 0 aromatic heterocycles. The van der Waals surface area contributed by atoms with Crippen molar-refractivity contribution < 1.29 is 0 Å². The summed E-state index contributed by atoms with van der Waals surface area (Å²) in [7, 11) is 2.23. The molecule has 0 heterocycles. The average Bonchev–Trinajstić information content (AvgIpc) is 2.74. The normalized spacial score (nSPS) is 19.7. The van der Waals surface area contributed by atoms with E-state index in [0.717, 1.165) is 6.42 Å². The Hall–Kier alpha value is -1.24. The summed E-state index contributed by atoms with van der Waals surface area (Å²) < 4.78 is 0. The lowest BCUT2D eigenvalue weighted by molar-refractivity contribution is 0.270. The van der Waals surface area contributed by atoms with E-state index in [9.17, 15) is 0 Å². The largest absolute Gasteiger partial charge is 0.368 e. The van der Waals surface area contributed by atoms with Crippen LogP contribution in [0.2, 0.25) is 0 Å². The van der Waals surface area contributed by atoms with Crippen molar-refractivity contribution in [2.45, 2.75) is 60.4 Å². The third-order valence-corrected chi connectivity index (χ3v) is 5.02. The molecule has 0 saturated carbocycles. The molecule has 3 unspecified atom stereocenters. The highest BCUT2D eigenvalue weighted by Crippen LogP contribution is 2.28. The zero-order valence-corrected chi connectivity index (χ0v) is 15.6. The minimum atomic E-state index is 0.320. The Morgan fingerprint density at radius 1 is 1.18 bits per heavy atom. The molecule has 1 aliphatic carbocycles. The van der Waals surface area contributed by atoms with E-state index in [1.807, 2.05) is 0 Å². The van der Waals surface area contributed by atoms with Crippen LogP contribution in [0.4, 0.5) is 0 Å². The summed E-state index contributed by atoms with van der Waals surface area (Å²) in [4.78, 5) is 2.43. The Morgan fingerprint density at radius 2 is 1.86 bits per heavy atom. The van der Waals surface area contributed by atoms with Gasteiger partial charge in [0.1, 0.15) is 0 Å². The van der Waals surface area contributed by atoms with Crippen molar-refractivity contribution in [1.29, 1.82) is 0 Å². The van der Waals surface area contributed by atoms with Crippen LogP contribution in [0.15, 0.2) is 48.2 Å². The second kappa shape index (κ2) is 8.41.